The molecule has 5 rings (SSSR count). The van der Waals surface area contributed by atoms with E-state index in [1.807, 2.05) is 12.1 Å². The quantitative estimate of drug-likeness (QED) is 0.348. The van der Waals surface area contributed by atoms with Crippen molar-refractivity contribution in [2.24, 2.45) is 0 Å². The van der Waals surface area contributed by atoms with Gasteiger partial charge in [0.15, 0.2) is 5.82 Å². The lowest BCUT2D eigenvalue weighted by atomic mass is 10.0. The summed E-state index contributed by atoms with van der Waals surface area (Å²) in [5, 5.41) is 8.66. The molecule has 3 heterocycles. The first kappa shape index (κ1) is 17.8. The SMILES string of the molecule is Fc1ccc(-n2cnnc2-c2cc3c(s2)CCOc2ccc(Br)cc2-3)c(Cl)c1. The molecule has 0 N–H and O–H groups in total. The van der Waals surface area contributed by atoms with Crippen molar-refractivity contribution >= 4 is 38.9 Å². The minimum Gasteiger partial charge on any atom is -0.493 e. The molecule has 1 aliphatic heterocycles. The third kappa shape index (κ3) is 3.03. The minimum atomic E-state index is -0.381. The smallest absolute Gasteiger partial charge is 0.178 e. The molecule has 0 saturated carbocycles. The van der Waals surface area contributed by atoms with Crippen LogP contribution in [0.25, 0.3) is 27.5 Å². The van der Waals surface area contributed by atoms with Gasteiger partial charge >= 0.3 is 0 Å². The van der Waals surface area contributed by atoms with E-state index < -0.39 is 0 Å². The summed E-state index contributed by atoms with van der Waals surface area (Å²) in [7, 11) is 0. The van der Waals surface area contributed by atoms with Crippen LogP contribution in [0.4, 0.5) is 4.39 Å². The molecule has 28 heavy (non-hydrogen) atoms. The van der Waals surface area contributed by atoms with E-state index in [2.05, 4.69) is 38.3 Å². The third-order valence-corrected chi connectivity index (χ3v) is 6.55. The first-order valence-electron chi connectivity index (χ1n) is 8.51. The highest BCUT2D eigenvalue weighted by molar-refractivity contribution is 9.10. The zero-order valence-corrected chi connectivity index (χ0v) is 17.5. The standard InChI is InChI=1S/C20H12BrClFN3OS/c21-11-1-4-17-13(7-11)14-9-19(28-18(14)5-6-27-17)20-25-24-10-26(20)16-3-2-12(23)8-15(16)22/h1-4,7-10H,5-6H2. The van der Waals surface area contributed by atoms with Crippen LogP contribution in [0.5, 0.6) is 5.75 Å². The van der Waals surface area contributed by atoms with Crippen LogP contribution in [0, 0.1) is 5.82 Å². The topological polar surface area (TPSA) is 39.9 Å². The number of fused-ring (bicyclic) bond motifs is 3. The number of hydrogen-bond donors (Lipinski definition) is 0. The van der Waals surface area contributed by atoms with Gasteiger partial charge in [0.1, 0.15) is 17.9 Å². The van der Waals surface area contributed by atoms with Crippen molar-refractivity contribution in [2.75, 3.05) is 6.61 Å². The molecule has 0 fully saturated rings. The van der Waals surface area contributed by atoms with Crippen LogP contribution in [-0.2, 0) is 6.42 Å². The van der Waals surface area contributed by atoms with Gasteiger partial charge in [0, 0.05) is 26.9 Å². The molecule has 0 unspecified atom stereocenters. The molecule has 2 aromatic heterocycles. The number of halogens is 3. The Balaban J connectivity index is 1.65. The van der Waals surface area contributed by atoms with Crippen molar-refractivity contribution in [3.63, 3.8) is 0 Å². The fourth-order valence-corrected chi connectivity index (χ4v) is 5.06. The highest BCUT2D eigenvalue weighted by Crippen LogP contribution is 2.43. The molecule has 1 aliphatic rings. The predicted molar refractivity (Wildman–Crippen MR) is 112 cm³/mol. The maximum Gasteiger partial charge on any atom is 0.178 e. The highest BCUT2D eigenvalue weighted by Gasteiger charge is 2.22. The fraction of sp³-hybridized carbons (Fsp3) is 0.100. The molecule has 0 aliphatic carbocycles. The summed E-state index contributed by atoms with van der Waals surface area (Å²) in [5.41, 5.74) is 2.82. The van der Waals surface area contributed by atoms with E-state index in [9.17, 15) is 4.39 Å². The van der Waals surface area contributed by atoms with E-state index >= 15 is 0 Å². The lowest BCUT2D eigenvalue weighted by Gasteiger charge is -2.08. The minimum absolute atomic E-state index is 0.307. The zero-order chi connectivity index (χ0) is 19.3. The van der Waals surface area contributed by atoms with Crippen LogP contribution in [0.15, 0.2) is 53.3 Å². The number of hydrogen-bond acceptors (Lipinski definition) is 4. The number of nitrogens with zero attached hydrogens (tertiary/aromatic N) is 3. The van der Waals surface area contributed by atoms with Crippen LogP contribution in [-0.4, -0.2) is 21.4 Å². The number of ether oxygens (including phenoxy) is 1. The Bertz CT molecular complexity index is 1210. The summed E-state index contributed by atoms with van der Waals surface area (Å²) < 4.78 is 22.1. The van der Waals surface area contributed by atoms with Gasteiger partial charge in [-0.05, 0) is 42.5 Å². The Morgan fingerprint density at radius 3 is 2.89 bits per heavy atom. The number of rotatable bonds is 2. The molecule has 4 aromatic rings. The van der Waals surface area contributed by atoms with E-state index in [-0.39, 0.29) is 5.82 Å². The van der Waals surface area contributed by atoms with E-state index in [0.29, 0.717) is 23.1 Å². The predicted octanol–water partition coefficient (Wildman–Crippen LogP) is 6.15. The second-order valence-electron chi connectivity index (χ2n) is 6.31. The molecule has 0 spiro atoms. The van der Waals surface area contributed by atoms with Crippen molar-refractivity contribution in [1.82, 2.24) is 14.8 Å². The molecule has 0 amide bonds. The molecule has 0 atom stereocenters. The van der Waals surface area contributed by atoms with Crippen LogP contribution in [0.3, 0.4) is 0 Å². The summed E-state index contributed by atoms with van der Waals surface area (Å²) in [6, 6.07) is 12.4. The van der Waals surface area contributed by atoms with Crippen molar-refractivity contribution in [1.29, 1.82) is 0 Å². The van der Waals surface area contributed by atoms with E-state index in [1.165, 1.54) is 17.0 Å². The summed E-state index contributed by atoms with van der Waals surface area (Å²) in [6.07, 6.45) is 2.41. The largest absolute Gasteiger partial charge is 0.493 e. The number of benzene rings is 2. The Hall–Kier alpha value is -2.22. The fourth-order valence-electron chi connectivity index (χ4n) is 3.30. The van der Waals surface area contributed by atoms with Crippen LogP contribution < -0.4 is 4.74 Å². The first-order chi connectivity index (χ1) is 13.6. The summed E-state index contributed by atoms with van der Waals surface area (Å²) in [5.74, 6) is 1.16. The van der Waals surface area contributed by atoms with Crippen LogP contribution in [0.1, 0.15) is 4.88 Å². The molecule has 4 nitrogen and oxygen atoms in total. The van der Waals surface area contributed by atoms with Gasteiger partial charge in [-0.15, -0.1) is 21.5 Å². The van der Waals surface area contributed by atoms with Gasteiger partial charge in [-0.1, -0.05) is 27.5 Å². The average molecular weight is 477 g/mol. The van der Waals surface area contributed by atoms with Crippen molar-refractivity contribution in [2.45, 2.75) is 6.42 Å². The number of thiophene rings is 1. The summed E-state index contributed by atoms with van der Waals surface area (Å²) in [6.45, 7) is 0.623. The molecular formula is C20H12BrClFN3OS. The Labute approximate surface area is 177 Å². The van der Waals surface area contributed by atoms with E-state index in [4.69, 9.17) is 16.3 Å². The molecule has 2 aromatic carbocycles. The van der Waals surface area contributed by atoms with Crippen molar-refractivity contribution in [3.8, 4) is 33.3 Å². The highest BCUT2D eigenvalue weighted by atomic mass is 79.9. The van der Waals surface area contributed by atoms with Gasteiger partial charge in [-0.2, -0.15) is 0 Å². The van der Waals surface area contributed by atoms with Gasteiger partial charge in [0.25, 0.3) is 0 Å². The normalized spacial score (nSPS) is 12.8. The monoisotopic (exact) mass is 475 g/mol. The maximum absolute atomic E-state index is 13.4. The summed E-state index contributed by atoms with van der Waals surface area (Å²) >= 11 is 11.5. The zero-order valence-electron chi connectivity index (χ0n) is 14.3. The van der Waals surface area contributed by atoms with E-state index in [0.717, 1.165) is 32.6 Å². The average Bonchev–Trinajstić information content (AvgIpc) is 3.27. The second kappa shape index (κ2) is 6.99. The Morgan fingerprint density at radius 2 is 2.04 bits per heavy atom. The third-order valence-electron chi connectivity index (χ3n) is 4.56. The molecule has 0 saturated heterocycles. The van der Waals surface area contributed by atoms with Gasteiger partial charge in [0.05, 0.1) is 22.2 Å². The maximum atomic E-state index is 13.4. The molecule has 0 bridgehead atoms. The van der Waals surface area contributed by atoms with Gasteiger partial charge in [0.2, 0.25) is 0 Å². The lowest BCUT2D eigenvalue weighted by molar-refractivity contribution is 0.327. The molecular weight excluding hydrogens is 465 g/mol. The second-order valence-corrected chi connectivity index (χ2v) is 8.77. The van der Waals surface area contributed by atoms with Crippen molar-refractivity contribution < 1.29 is 9.13 Å². The molecule has 8 heteroatoms. The van der Waals surface area contributed by atoms with Crippen LogP contribution >= 0.6 is 38.9 Å². The van der Waals surface area contributed by atoms with Crippen LogP contribution in [0.2, 0.25) is 5.02 Å². The number of aromatic nitrogens is 3. The van der Waals surface area contributed by atoms with Gasteiger partial charge in [-0.3, -0.25) is 4.57 Å². The first-order valence-corrected chi connectivity index (χ1v) is 10.5. The van der Waals surface area contributed by atoms with Gasteiger partial charge in [-0.25, -0.2) is 4.39 Å². The Kier molecular flexibility index (Phi) is 4.45. The van der Waals surface area contributed by atoms with E-state index in [1.54, 1.807) is 28.3 Å². The Morgan fingerprint density at radius 1 is 1.14 bits per heavy atom. The molecule has 140 valence electrons. The van der Waals surface area contributed by atoms with Crippen molar-refractivity contribution in [3.05, 3.63) is 69.0 Å². The molecule has 0 radical (unpaired) electrons. The summed E-state index contributed by atoms with van der Waals surface area (Å²) in [4.78, 5) is 2.20. The lowest BCUT2D eigenvalue weighted by Crippen LogP contribution is -1.98. The van der Waals surface area contributed by atoms with Gasteiger partial charge < -0.3 is 4.74 Å².